The molecule has 1 aromatic heterocycles. The molecule has 1 aliphatic rings. The summed E-state index contributed by atoms with van der Waals surface area (Å²) >= 11 is 6.43. The fraction of sp³-hybridized carbons (Fsp3) is 0.308. The van der Waals surface area contributed by atoms with Crippen LogP contribution in [0.5, 0.6) is 0 Å². The lowest BCUT2D eigenvalue weighted by atomic mass is 10.2. The van der Waals surface area contributed by atoms with E-state index in [0.717, 1.165) is 38.2 Å². The van der Waals surface area contributed by atoms with Crippen LogP contribution in [0, 0.1) is 0 Å². The summed E-state index contributed by atoms with van der Waals surface area (Å²) in [5.74, 6) is -0.413. The van der Waals surface area contributed by atoms with Gasteiger partial charge in [-0.3, -0.25) is 4.79 Å². The molecule has 0 spiro atoms. The summed E-state index contributed by atoms with van der Waals surface area (Å²) in [4.78, 5) is 39.0. The van der Waals surface area contributed by atoms with Gasteiger partial charge in [-0.2, -0.15) is 5.10 Å². The number of amides is 2. The van der Waals surface area contributed by atoms with Crippen LogP contribution in [0.15, 0.2) is 59.5 Å². The van der Waals surface area contributed by atoms with E-state index in [4.69, 9.17) is 16.3 Å². The molecule has 0 saturated carbocycles. The summed E-state index contributed by atoms with van der Waals surface area (Å²) in [6.45, 7) is 5.65. The molecule has 0 bridgehead atoms. The minimum atomic E-state index is -0.430. The molecule has 1 fully saturated rings. The number of nitrogens with zero attached hydrogens (tertiary/aromatic N) is 3. The Bertz CT molecular complexity index is 1290. The Morgan fingerprint density at radius 2 is 1.70 bits per heavy atom. The molecule has 0 atom stereocenters. The lowest BCUT2D eigenvalue weighted by molar-refractivity contribution is 0.0526. The van der Waals surface area contributed by atoms with Crippen molar-refractivity contribution in [1.82, 2.24) is 15.1 Å². The number of ether oxygens (including phenoxy) is 1. The predicted molar refractivity (Wildman–Crippen MR) is 144 cm³/mol. The number of urea groups is 1. The van der Waals surface area contributed by atoms with Gasteiger partial charge in [0.2, 0.25) is 0 Å². The third-order valence-electron chi connectivity index (χ3n) is 5.85. The Labute approximate surface area is 219 Å². The maximum Gasteiger partial charge on any atom is 0.338 e. The lowest BCUT2D eigenvalue weighted by Crippen LogP contribution is -2.32. The van der Waals surface area contributed by atoms with Crippen LogP contribution in [0.3, 0.4) is 0 Å². The molecular weight excluding hydrogens is 496 g/mol. The molecule has 4 rings (SSSR count). The normalized spacial score (nSPS) is 13.5. The summed E-state index contributed by atoms with van der Waals surface area (Å²) in [7, 11) is 0. The summed E-state index contributed by atoms with van der Waals surface area (Å²) < 4.78 is 6.28. The highest BCUT2D eigenvalue weighted by molar-refractivity contribution is 6.33. The topological polar surface area (TPSA) is 118 Å². The van der Waals surface area contributed by atoms with Crippen LogP contribution in [-0.2, 0) is 11.3 Å². The van der Waals surface area contributed by atoms with Gasteiger partial charge in [0.05, 0.1) is 30.6 Å². The SMILES string of the molecule is CCOC(=O)c1ccc(NC(=O)Nc2ccc(Cn3ncc(N4CCCNCC4)c(Cl)c3=O)cc2)cc1. The number of halogens is 1. The molecule has 3 aromatic rings. The van der Waals surface area contributed by atoms with Crippen LogP contribution in [-0.4, -0.2) is 54.6 Å². The van der Waals surface area contributed by atoms with Crippen LogP contribution in [0.4, 0.5) is 21.9 Å². The van der Waals surface area contributed by atoms with E-state index < -0.39 is 12.0 Å². The minimum absolute atomic E-state index is 0.169. The number of benzene rings is 2. The van der Waals surface area contributed by atoms with E-state index in [0.29, 0.717) is 29.2 Å². The molecule has 194 valence electrons. The van der Waals surface area contributed by atoms with Crippen molar-refractivity contribution in [3.8, 4) is 0 Å². The highest BCUT2D eigenvalue weighted by Crippen LogP contribution is 2.22. The molecule has 2 heterocycles. The zero-order valence-electron chi connectivity index (χ0n) is 20.5. The number of aromatic nitrogens is 2. The van der Waals surface area contributed by atoms with Gasteiger partial charge in [0.15, 0.2) is 0 Å². The second-order valence-electron chi connectivity index (χ2n) is 8.47. The third kappa shape index (κ3) is 6.87. The van der Waals surface area contributed by atoms with Gasteiger partial charge in [-0.15, -0.1) is 0 Å². The first-order valence-corrected chi connectivity index (χ1v) is 12.5. The molecule has 37 heavy (non-hydrogen) atoms. The monoisotopic (exact) mass is 524 g/mol. The van der Waals surface area contributed by atoms with Gasteiger partial charge in [0, 0.05) is 31.0 Å². The molecular formula is C26H29ClN6O4. The van der Waals surface area contributed by atoms with Gasteiger partial charge in [0.25, 0.3) is 5.56 Å². The average molecular weight is 525 g/mol. The number of carbonyl (C=O) groups excluding carboxylic acids is 2. The Balaban J connectivity index is 1.34. The van der Waals surface area contributed by atoms with Crippen molar-refractivity contribution in [3.63, 3.8) is 0 Å². The number of rotatable bonds is 7. The summed E-state index contributed by atoms with van der Waals surface area (Å²) in [6.07, 6.45) is 2.62. The number of hydrogen-bond acceptors (Lipinski definition) is 7. The highest BCUT2D eigenvalue weighted by Gasteiger charge is 2.17. The van der Waals surface area contributed by atoms with Crippen molar-refractivity contribution >= 4 is 40.7 Å². The van der Waals surface area contributed by atoms with Gasteiger partial charge < -0.3 is 25.6 Å². The Kier molecular flexibility index (Phi) is 8.76. The fourth-order valence-corrected chi connectivity index (χ4v) is 4.21. The van der Waals surface area contributed by atoms with Crippen molar-refractivity contribution in [2.75, 3.05) is 48.3 Å². The number of nitrogens with one attached hydrogen (secondary N) is 3. The van der Waals surface area contributed by atoms with Crippen LogP contribution in [0.2, 0.25) is 5.02 Å². The predicted octanol–water partition coefficient (Wildman–Crippen LogP) is 3.57. The average Bonchev–Trinajstić information content (AvgIpc) is 3.18. The second kappa shape index (κ2) is 12.4. The van der Waals surface area contributed by atoms with E-state index in [1.807, 2.05) is 0 Å². The molecule has 0 aliphatic carbocycles. The highest BCUT2D eigenvalue weighted by atomic mass is 35.5. The molecule has 0 radical (unpaired) electrons. The Morgan fingerprint density at radius 3 is 2.38 bits per heavy atom. The zero-order chi connectivity index (χ0) is 26.2. The van der Waals surface area contributed by atoms with E-state index in [-0.39, 0.29) is 17.1 Å². The van der Waals surface area contributed by atoms with Crippen molar-refractivity contribution in [3.05, 3.63) is 81.2 Å². The van der Waals surface area contributed by atoms with E-state index >= 15 is 0 Å². The fourth-order valence-electron chi connectivity index (χ4n) is 3.94. The van der Waals surface area contributed by atoms with Crippen molar-refractivity contribution in [1.29, 1.82) is 0 Å². The molecule has 11 heteroatoms. The van der Waals surface area contributed by atoms with Gasteiger partial charge in [-0.25, -0.2) is 14.3 Å². The van der Waals surface area contributed by atoms with E-state index in [1.165, 1.54) is 4.68 Å². The van der Waals surface area contributed by atoms with Gasteiger partial charge in [0.1, 0.15) is 5.02 Å². The molecule has 3 N–H and O–H groups in total. The summed E-state index contributed by atoms with van der Waals surface area (Å²) in [5, 5.41) is 13.3. The standard InChI is InChI=1S/C26H29ClN6O4/c1-2-37-25(35)19-6-10-21(11-7-19)31-26(36)30-20-8-4-18(5-9-20)17-33-24(34)23(27)22(16-29-33)32-14-3-12-28-13-15-32/h4-11,16,28H,2-3,12-15,17H2,1H3,(H2,30,31,36). The molecule has 1 saturated heterocycles. The molecule has 1 aliphatic heterocycles. The first kappa shape index (κ1) is 26.2. The van der Waals surface area contributed by atoms with Crippen LogP contribution >= 0.6 is 11.6 Å². The zero-order valence-corrected chi connectivity index (χ0v) is 21.3. The van der Waals surface area contributed by atoms with Gasteiger partial charge in [-0.1, -0.05) is 23.7 Å². The maximum atomic E-state index is 12.8. The maximum absolute atomic E-state index is 12.8. The number of anilines is 3. The van der Waals surface area contributed by atoms with Crippen molar-refractivity contribution < 1.29 is 14.3 Å². The van der Waals surface area contributed by atoms with E-state index in [1.54, 1.807) is 61.7 Å². The third-order valence-corrected chi connectivity index (χ3v) is 6.20. The lowest BCUT2D eigenvalue weighted by Gasteiger charge is -2.23. The number of esters is 1. The van der Waals surface area contributed by atoms with Crippen molar-refractivity contribution in [2.24, 2.45) is 0 Å². The van der Waals surface area contributed by atoms with Crippen LogP contribution in [0.25, 0.3) is 0 Å². The first-order valence-electron chi connectivity index (χ1n) is 12.1. The Hall–Kier alpha value is -3.89. The van der Waals surface area contributed by atoms with E-state index in [2.05, 4.69) is 25.9 Å². The van der Waals surface area contributed by atoms with Gasteiger partial charge >= 0.3 is 12.0 Å². The van der Waals surface area contributed by atoms with Crippen LogP contribution in [0.1, 0.15) is 29.3 Å². The van der Waals surface area contributed by atoms with Gasteiger partial charge in [-0.05, 0) is 61.9 Å². The summed E-state index contributed by atoms with van der Waals surface area (Å²) in [6, 6.07) is 13.1. The molecule has 10 nitrogen and oxygen atoms in total. The summed E-state index contributed by atoms with van der Waals surface area (Å²) in [5.41, 5.74) is 2.67. The number of carbonyl (C=O) groups is 2. The van der Waals surface area contributed by atoms with E-state index in [9.17, 15) is 14.4 Å². The largest absolute Gasteiger partial charge is 0.462 e. The molecule has 2 amide bonds. The number of hydrogen-bond donors (Lipinski definition) is 3. The van der Waals surface area contributed by atoms with Crippen LogP contribution < -0.4 is 26.4 Å². The molecule has 0 unspecified atom stereocenters. The van der Waals surface area contributed by atoms with Crippen molar-refractivity contribution in [2.45, 2.75) is 19.9 Å². The smallest absolute Gasteiger partial charge is 0.338 e. The molecule has 2 aromatic carbocycles. The quantitative estimate of drug-likeness (QED) is 0.404. The first-order chi connectivity index (χ1) is 17.9. The Morgan fingerprint density at radius 1 is 1.03 bits per heavy atom. The second-order valence-corrected chi connectivity index (χ2v) is 8.85. The minimum Gasteiger partial charge on any atom is -0.462 e.